The van der Waals surface area contributed by atoms with Crippen molar-refractivity contribution in [3.63, 3.8) is 0 Å². The van der Waals surface area contributed by atoms with Crippen molar-refractivity contribution in [1.82, 2.24) is 15.6 Å². The molecule has 2 aromatic rings. The standard InChI is InChI=1S/C15H14F3N3O/c16-15(17,18)13-3-1-11(2-4-13)9-20-14(22)21-10-12-5-7-19-8-6-12/h1-8H,9-10H2,(H2,20,21,22). The Kier molecular flexibility index (Phi) is 4.98. The third-order valence-corrected chi connectivity index (χ3v) is 2.94. The van der Waals surface area contributed by atoms with E-state index in [1.165, 1.54) is 12.1 Å². The monoisotopic (exact) mass is 309 g/mol. The van der Waals surface area contributed by atoms with Crippen LogP contribution >= 0.6 is 0 Å². The summed E-state index contributed by atoms with van der Waals surface area (Å²) in [6.45, 7) is 0.502. The van der Waals surface area contributed by atoms with Crippen LogP contribution in [0.4, 0.5) is 18.0 Å². The molecule has 2 amide bonds. The first-order chi connectivity index (χ1) is 10.4. The molecule has 2 rings (SSSR count). The Morgan fingerprint density at radius 1 is 0.909 bits per heavy atom. The maximum atomic E-state index is 12.4. The van der Waals surface area contributed by atoms with Gasteiger partial charge in [0, 0.05) is 25.5 Å². The molecule has 0 aliphatic heterocycles. The maximum absolute atomic E-state index is 12.4. The van der Waals surface area contributed by atoms with E-state index < -0.39 is 17.8 Å². The summed E-state index contributed by atoms with van der Waals surface area (Å²) in [6, 6.07) is 7.82. The van der Waals surface area contributed by atoms with Gasteiger partial charge < -0.3 is 10.6 Å². The van der Waals surface area contributed by atoms with E-state index in [1.807, 2.05) is 0 Å². The van der Waals surface area contributed by atoms with E-state index in [1.54, 1.807) is 24.5 Å². The van der Waals surface area contributed by atoms with Gasteiger partial charge in [-0.2, -0.15) is 13.2 Å². The second kappa shape index (κ2) is 6.93. The van der Waals surface area contributed by atoms with Crippen molar-refractivity contribution >= 4 is 6.03 Å². The Balaban J connectivity index is 1.79. The minimum absolute atomic E-state index is 0.153. The number of carbonyl (C=O) groups excluding carboxylic acids is 1. The molecule has 1 aromatic carbocycles. The van der Waals surface area contributed by atoms with Crippen molar-refractivity contribution in [1.29, 1.82) is 0 Å². The van der Waals surface area contributed by atoms with Gasteiger partial charge in [-0.15, -0.1) is 0 Å². The van der Waals surface area contributed by atoms with Crippen LogP contribution in [-0.4, -0.2) is 11.0 Å². The fraction of sp³-hybridized carbons (Fsp3) is 0.200. The van der Waals surface area contributed by atoms with Gasteiger partial charge in [0.25, 0.3) is 0 Å². The van der Waals surface area contributed by atoms with Crippen LogP contribution in [0.15, 0.2) is 48.8 Å². The predicted octanol–water partition coefficient (Wildman–Crippen LogP) is 3.10. The number of alkyl halides is 3. The lowest BCUT2D eigenvalue weighted by Crippen LogP contribution is -2.34. The van der Waals surface area contributed by atoms with E-state index in [-0.39, 0.29) is 6.54 Å². The highest BCUT2D eigenvalue weighted by molar-refractivity contribution is 5.73. The molecular weight excluding hydrogens is 295 g/mol. The Morgan fingerprint density at radius 3 is 1.91 bits per heavy atom. The first-order valence-corrected chi connectivity index (χ1v) is 6.52. The number of halogens is 3. The predicted molar refractivity (Wildman–Crippen MR) is 74.8 cm³/mol. The van der Waals surface area contributed by atoms with Gasteiger partial charge in [0.1, 0.15) is 0 Å². The van der Waals surface area contributed by atoms with Crippen LogP contribution in [0.25, 0.3) is 0 Å². The van der Waals surface area contributed by atoms with Gasteiger partial charge in [0.2, 0.25) is 0 Å². The number of nitrogens with one attached hydrogen (secondary N) is 2. The molecule has 0 saturated heterocycles. The van der Waals surface area contributed by atoms with Crippen molar-refractivity contribution in [3.05, 3.63) is 65.5 Å². The minimum atomic E-state index is -4.35. The number of urea groups is 1. The smallest absolute Gasteiger partial charge is 0.334 e. The van der Waals surface area contributed by atoms with Gasteiger partial charge in [-0.25, -0.2) is 4.79 Å². The summed E-state index contributed by atoms with van der Waals surface area (Å²) in [7, 11) is 0. The molecule has 1 aromatic heterocycles. The highest BCUT2D eigenvalue weighted by atomic mass is 19.4. The summed E-state index contributed by atoms with van der Waals surface area (Å²) in [5, 5.41) is 5.23. The quantitative estimate of drug-likeness (QED) is 0.912. The van der Waals surface area contributed by atoms with Gasteiger partial charge in [-0.1, -0.05) is 12.1 Å². The topological polar surface area (TPSA) is 54.0 Å². The zero-order chi connectivity index (χ0) is 16.0. The van der Waals surface area contributed by atoms with Gasteiger partial charge >= 0.3 is 12.2 Å². The van der Waals surface area contributed by atoms with Gasteiger partial charge in [0.05, 0.1) is 5.56 Å². The number of nitrogens with zero attached hydrogens (tertiary/aromatic N) is 1. The van der Waals surface area contributed by atoms with E-state index in [9.17, 15) is 18.0 Å². The number of amides is 2. The fourth-order valence-corrected chi connectivity index (χ4v) is 1.74. The Hall–Kier alpha value is -2.57. The van der Waals surface area contributed by atoms with E-state index in [2.05, 4.69) is 15.6 Å². The lowest BCUT2D eigenvalue weighted by molar-refractivity contribution is -0.137. The molecule has 116 valence electrons. The normalized spacial score (nSPS) is 11.0. The molecule has 22 heavy (non-hydrogen) atoms. The van der Waals surface area contributed by atoms with Gasteiger partial charge in [-0.3, -0.25) is 4.98 Å². The van der Waals surface area contributed by atoms with Crippen LogP contribution in [0, 0.1) is 0 Å². The minimum Gasteiger partial charge on any atom is -0.334 e. The molecule has 0 radical (unpaired) electrons. The van der Waals surface area contributed by atoms with Crippen LogP contribution in [0.2, 0.25) is 0 Å². The molecule has 0 unspecified atom stereocenters. The molecule has 4 nitrogen and oxygen atoms in total. The lowest BCUT2D eigenvalue weighted by atomic mass is 10.1. The Morgan fingerprint density at radius 2 is 1.41 bits per heavy atom. The van der Waals surface area contributed by atoms with Crippen molar-refractivity contribution in [3.8, 4) is 0 Å². The summed E-state index contributed by atoms with van der Waals surface area (Å²) in [5.41, 5.74) is 0.783. The number of hydrogen-bond acceptors (Lipinski definition) is 2. The van der Waals surface area contributed by atoms with Crippen molar-refractivity contribution in [2.45, 2.75) is 19.3 Å². The summed E-state index contributed by atoms with van der Waals surface area (Å²) < 4.78 is 37.2. The van der Waals surface area contributed by atoms with Crippen molar-refractivity contribution in [2.75, 3.05) is 0 Å². The maximum Gasteiger partial charge on any atom is 0.416 e. The van der Waals surface area contributed by atoms with Crippen LogP contribution in [-0.2, 0) is 19.3 Å². The number of pyridine rings is 1. The molecule has 0 aliphatic carbocycles. The van der Waals surface area contributed by atoms with E-state index in [0.717, 1.165) is 17.7 Å². The molecule has 2 N–H and O–H groups in total. The summed E-state index contributed by atoms with van der Waals surface area (Å²) in [6.07, 6.45) is -1.11. The van der Waals surface area contributed by atoms with E-state index >= 15 is 0 Å². The number of carbonyl (C=O) groups is 1. The first-order valence-electron chi connectivity index (χ1n) is 6.52. The van der Waals surface area contributed by atoms with Crippen LogP contribution < -0.4 is 10.6 Å². The van der Waals surface area contributed by atoms with Gasteiger partial charge in [0.15, 0.2) is 0 Å². The molecule has 7 heteroatoms. The molecule has 0 spiro atoms. The number of hydrogen-bond donors (Lipinski definition) is 2. The fourth-order valence-electron chi connectivity index (χ4n) is 1.74. The largest absolute Gasteiger partial charge is 0.416 e. The molecule has 0 saturated carbocycles. The second-order valence-corrected chi connectivity index (χ2v) is 4.59. The summed E-state index contributed by atoms with van der Waals surface area (Å²) >= 11 is 0. The Bertz CT molecular complexity index is 612. The lowest BCUT2D eigenvalue weighted by Gasteiger charge is -2.09. The summed E-state index contributed by atoms with van der Waals surface area (Å²) in [5.74, 6) is 0. The van der Waals surface area contributed by atoms with E-state index in [0.29, 0.717) is 12.1 Å². The number of aromatic nitrogens is 1. The average Bonchev–Trinajstić information content (AvgIpc) is 2.51. The number of rotatable bonds is 4. The number of benzene rings is 1. The zero-order valence-corrected chi connectivity index (χ0v) is 11.5. The van der Waals surface area contributed by atoms with Crippen LogP contribution in [0.5, 0.6) is 0 Å². The average molecular weight is 309 g/mol. The molecule has 0 aliphatic rings. The second-order valence-electron chi connectivity index (χ2n) is 4.59. The first kappa shape index (κ1) is 15.8. The van der Waals surface area contributed by atoms with Crippen LogP contribution in [0.3, 0.4) is 0 Å². The third kappa shape index (κ3) is 4.76. The molecule has 1 heterocycles. The highest BCUT2D eigenvalue weighted by Gasteiger charge is 2.29. The van der Waals surface area contributed by atoms with Gasteiger partial charge in [-0.05, 0) is 35.4 Å². The van der Waals surface area contributed by atoms with Crippen LogP contribution in [0.1, 0.15) is 16.7 Å². The Labute approximate surface area is 125 Å². The summed E-state index contributed by atoms with van der Waals surface area (Å²) in [4.78, 5) is 15.5. The third-order valence-electron chi connectivity index (χ3n) is 2.94. The van der Waals surface area contributed by atoms with Crippen molar-refractivity contribution < 1.29 is 18.0 Å². The van der Waals surface area contributed by atoms with Crippen molar-refractivity contribution in [2.24, 2.45) is 0 Å². The zero-order valence-electron chi connectivity index (χ0n) is 11.5. The van der Waals surface area contributed by atoms with E-state index in [4.69, 9.17) is 0 Å². The SMILES string of the molecule is O=C(NCc1ccncc1)NCc1ccc(C(F)(F)F)cc1. The highest BCUT2D eigenvalue weighted by Crippen LogP contribution is 2.28. The molecular formula is C15H14F3N3O. The molecule has 0 fully saturated rings. The molecule has 0 bridgehead atoms. The molecule has 0 atom stereocenters.